The van der Waals surface area contributed by atoms with Crippen LogP contribution in [0.1, 0.15) is 77.5 Å². The van der Waals surface area contributed by atoms with E-state index >= 15 is 0 Å². The third kappa shape index (κ3) is 9.01. The fourth-order valence-corrected chi connectivity index (χ4v) is 4.63. The van der Waals surface area contributed by atoms with Crippen molar-refractivity contribution in [3.05, 3.63) is 65.7 Å². The molecule has 0 saturated heterocycles. The van der Waals surface area contributed by atoms with Crippen molar-refractivity contribution < 1.29 is 24.2 Å². The van der Waals surface area contributed by atoms with Gasteiger partial charge in [0.15, 0.2) is 0 Å². The van der Waals surface area contributed by atoms with Gasteiger partial charge in [-0.2, -0.15) is 0 Å². The first-order chi connectivity index (χ1) is 18.5. The number of hydrogen-bond acceptors (Lipinski definition) is 5. The van der Waals surface area contributed by atoms with Gasteiger partial charge in [-0.1, -0.05) is 69.2 Å². The van der Waals surface area contributed by atoms with Crippen LogP contribution >= 0.6 is 0 Å². The molecule has 3 rings (SSSR count). The maximum absolute atomic E-state index is 14.4. The Morgan fingerprint density at radius 3 is 2.26 bits per heavy atom. The third-order valence-corrected chi connectivity index (χ3v) is 6.77. The number of benzene rings is 2. The molecule has 0 heterocycles. The largest absolute Gasteiger partial charge is 0.508 e. The topological polar surface area (TPSA) is 108 Å². The van der Waals surface area contributed by atoms with Gasteiger partial charge in [0.1, 0.15) is 23.4 Å². The summed E-state index contributed by atoms with van der Waals surface area (Å²) in [6, 6.07) is 13.9. The number of phenolic OH excluding ortho intramolecular Hbond substituents is 1. The van der Waals surface area contributed by atoms with Gasteiger partial charge in [-0.05, 0) is 62.8 Å². The average molecular weight is 538 g/mol. The van der Waals surface area contributed by atoms with E-state index in [0.29, 0.717) is 6.54 Å². The summed E-state index contributed by atoms with van der Waals surface area (Å²) in [5.41, 5.74) is 0.733. The number of phenols is 1. The van der Waals surface area contributed by atoms with Gasteiger partial charge in [-0.15, -0.1) is 0 Å². The van der Waals surface area contributed by atoms with Gasteiger partial charge in [0, 0.05) is 19.0 Å². The molecule has 212 valence electrons. The zero-order chi connectivity index (χ0) is 28.6. The highest BCUT2D eigenvalue weighted by atomic mass is 16.6. The molecule has 2 aromatic carbocycles. The number of carbonyl (C=O) groups is 3. The quantitative estimate of drug-likeness (QED) is 0.326. The molecule has 1 saturated carbocycles. The fourth-order valence-electron chi connectivity index (χ4n) is 4.63. The van der Waals surface area contributed by atoms with Crippen LogP contribution in [0.2, 0.25) is 0 Å². The second-order valence-corrected chi connectivity index (χ2v) is 11.4. The summed E-state index contributed by atoms with van der Waals surface area (Å²) in [4.78, 5) is 42.5. The number of nitrogens with zero attached hydrogens (tertiary/aromatic N) is 1. The predicted molar refractivity (Wildman–Crippen MR) is 151 cm³/mol. The number of amides is 3. The lowest BCUT2D eigenvalue weighted by atomic mass is 9.99. The van der Waals surface area contributed by atoms with E-state index in [1.54, 1.807) is 49.9 Å². The van der Waals surface area contributed by atoms with Gasteiger partial charge >= 0.3 is 6.09 Å². The Bertz CT molecular complexity index is 1100. The van der Waals surface area contributed by atoms with Crippen LogP contribution in [0.5, 0.6) is 5.75 Å². The maximum Gasteiger partial charge on any atom is 0.408 e. The minimum Gasteiger partial charge on any atom is -0.508 e. The molecule has 4 unspecified atom stereocenters. The number of nitrogens with one attached hydrogen (secondary N) is 2. The lowest BCUT2D eigenvalue weighted by Gasteiger charge is -2.35. The second-order valence-electron chi connectivity index (χ2n) is 11.4. The Kier molecular flexibility index (Phi) is 10.4. The minimum atomic E-state index is -0.976. The Morgan fingerprint density at radius 1 is 1.05 bits per heavy atom. The highest BCUT2D eigenvalue weighted by Gasteiger charge is 2.48. The van der Waals surface area contributed by atoms with Crippen LogP contribution in [-0.4, -0.2) is 52.1 Å². The van der Waals surface area contributed by atoms with Crippen molar-refractivity contribution in [3.8, 4) is 5.75 Å². The van der Waals surface area contributed by atoms with Gasteiger partial charge < -0.3 is 25.4 Å². The molecule has 1 aliphatic rings. The summed E-state index contributed by atoms with van der Waals surface area (Å²) >= 11 is 0. The van der Waals surface area contributed by atoms with Crippen molar-refractivity contribution in [1.82, 2.24) is 15.5 Å². The van der Waals surface area contributed by atoms with Crippen LogP contribution in [0.15, 0.2) is 54.6 Å². The van der Waals surface area contributed by atoms with Crippen LogP contribution in [0.25, 0.3) is 0 Å². The minimum absolute atomic E-state index is 0.110. The molecule has 1 aliphatic carbocycles. The van der Waals surface area contributed by atoms with E-state index in [2.05, 4.69) is 24.5 Å². The molecule has 39 heavy (non-hydrogen) atoms. The van der Waals surface area contributed by atoms with E-state index in [1.165, 1.54) is 0 Å². The van der Waals surface area contributed by atoms with Crippen molar-refractivity contribution in [1.29, 1.82) is 0 Å². The lowest BCUT2D eigenvalue weighted by Crippen LogP contribution is -2.54. The zero-order valence-electron chi connectivity index (χ0n) is 23.8. The first-order valence-corrected chi connectivity index (χ1v) is 13.9. The summed E-state index contributed by atoms with van der Waals surface area (Å²) in [7, 11) is 0. The van der Waals surface area contributed by atoms with Gasteiger partial charge in [0.05, 0.1) is 0 Å². The summed E-state index contributed by atoms with van der Waals surface area (Å²) in [5, 5.41) is 15.5. The SMILES string of the molecule is CCCCCNC(=O)C(c1ccccc1)N(C(=O)C(Cc1ccc(O)cc1)NC(=O)OC(C)(C)C)C1CC1C. The standard InChI is InChI=1S/C31H43N3O5/c1-6-7-11-18-32-28(36)27(23-12-9-8-10-13-23)34(26-19-21(26)2)29(37)25(33-30(38)39-31(3,4)5)20-22-14-16-24(35)17-15-22/h8-10,12-17,21,25-27,35H,6-7,11,18-20H2,1-5H3,(H,32,36)(H,33,38). The zero-order valence-corrected chi connectivity index (χ0v) is 23.8. The van der Waals surface area contributed by atoms with Crippen molar-refractivity contribution in [2.24, 2.45) is 5.92 Å². The number of hydrogen-bond donors (Lipinski definition) is 3. The predicted octanol–water partition coefficient (Wildman–Crippen LogP) is 5.11. The number of ether oxygens (including phenoxy) is 1. The first-order valence-electron chi connectivity index (χ1n) is 13.9. The molecule has 0 aromatic heterocycles. The third-order valence-electron chi connectivity index (χ3n) is 6.77. The molecule has 3 N–H and O–H groups in total. The maximum atomic E-state index is 14.4. The number of unbranched alkanes of at least 4 members (excludes halogenated alkanes) is 2. The van der Waals surface area contributed by atoms with Crippen molar-refractivity contribution in [2.75, 3.05) is 6.54 Å². The molecule has 4 atom stereocenters. The Morgan fingerprint density at radius 2 is 1.69 bits per heavy atom. The molecular weight excluding hydrogens is 494 g/mol. The molecular formula is C31H43N3O5. The van der Waals surface area contributed by atoms with Crippen LogP contribution in [0.4, 0.5) is 4.79 Å². The molecule has 0 spiro atoms. The summed E-state index contributed by atoms with van der Waals surface area (Å²) in [6.45, 7) is 9.98. The molecule has 8 nitrogen and oxygen atoms in total. The van der Waals surface area contributed by atoms with Crippen LogP contribution in [-0.2, 0) is 20.7 Å². The molecule has 0 bridgehead atoms. The van der Waals surface area contributed by atoms with Crippen LogP contribution < -0.4 is 10.6 Å². The second kappa shape index (κ2) is 13.5. The molecule has 8 heteroatoms. The fraction of sp³-hybridized carbons (Fsp3) is 0.516. The van der Waals surface area contributed by atoms with Crippen molar-refractivity contribution in [2.45, 2.75) is 90.4 Å². The molecule has 0 radical (unpaired) electrons. The average Bonchev–Trinajstić information content (AvgIpc) is 3.60. The van der Waals surface area contributed by atoms with Gasteiger partial charge in [-0.25, -0.2) is 4.79 Å². The van der Waals surface area contributed by atoms with Gasteiger partial charge in [0.2, 0.25) is 11.8 Å². The van der Waals surface area contributed by atoms with E-state index in [0.717, 1.165) is 36.8 Å². The summed E-state index contributed by atoms with van der Waals surface area (Å²) < 4.78 is 5.48. The Labute approximate surface area is 232 Å². The number of aromatic hydroxyl groups is 1. The highest BCUT2D eigenvalue weighted by Crippen LogP contribution is 2.40. The first kappa shape index (κ1) is 30.0. The van der Waals surface area contributed by atoms with Crippen molar-refractivity contribution >= 4 is 17.9 Å². The van der Waals surface area contributed by atoms with Crippen LogP contribution in [0.3, 0.4) is 0 Å². The van der Waals surface area contributed by atoms with Crippen LogP contribution in [0, 0.1) is 5.92 Å². The molecule has 0 aliphatic heterocycles. The van der Waals surface area contributed by atoms with E-state index in [-0.39, 0.29) is 35.9 Å². The molecule has 1 fully saturated rings. The summed E-state index contributed by atoms with van der Waals surface area (Å²) in [5.74, 6) is -0.241. The monoisotopic (exact) mass is 537 g/mol. The summed E-state index contributed by atoms with van der Waals surface area (Å²) in [6.07, 6.45) is 3.15. The van der Waals surface area contributed by atoms with E-state index in [1.807, 2.05) is 30.3 Å². The number of carbonyl (C=O) groups excluding carboxylic acids is 3. The molecule has 3 amide bonds. The smallest absolute Gasteiger partial charge is 0.408 e. The lowest BCUT2D eigenvalue weighted by molar-refractivity contribution is -0.143. The van der Waals surface area contributed by atoms with E-state index < -0.39 is 23.8 Å². The highest BCUT2D eigenvalue weighted by molar-refractivity contribution is 5.92. The van der Waals surface area contributed by atoms with E-state index in [9.17, 15) is 19.5 Å². The van der Waals surface area contributed by atoms with Gasteiger partial charge in [0.25, 0.3) is 0 Å². The van der Waals surface area contributed by atoms with E-state index in [4.69, 9.17) is 4.74 Å². The number of rotatable bonds is 12. The van der Waals surface area contributed by atoms with Gasteiger partial charge in [-0.3, -0.25) is 9.59 Å². The normalized spacial score (nSPS) is 18.0. The number of alkyl carbamates (subject to hydrolysis) is 1. The Hall–Kier alpha value is -3.55. The Balaban J connectivity index is 1.97. The molecule has 2 aromatic rings. The van der Waals surface area contributed by atoms with Crippen molar-refractivity contribution in [3.63, 3.8) is 0 Å².